The molecule has 1 aliphatic rings. The van der Waals surface area contributed by atoms with Gasteiger partial charge in [-0.3, -0.25) is 0 Å². The van der Waals surface area contributed by atoms with E-state index >= 15 is 0 Å². The van der Waals surface area contributed by atoms with Crippen LogP contribution in [0.5, 0.6) is 0 Å². The molecule has 0 bridgehead atoms. The largest absolute Gasteiger partial charge is 0.480 e. The van der Waals surface area contributed by atoms with E-state index < -0.39 is 22.2 Å². The number of rotatable bonds is 5. The summed E-state index contributed by atoms with van der Waals surface area (Å²) < 4.78 is 27.8. The highest BCUT2D eigenvalue weighted by Gasteiger charge is 2.41. The molecule has 1 heterocycles. The molecule has 1 aliphatic heterocycles. The Labute approximate surface area is 112 Å². The molecule has 0 saturated heterocycles. The summed E-state index contributed by atoms with van der Waals surface area (Å²) in [6, 6.07) is 5.77. The van der Waals surface area contributed by atoms with Crippen LogP contribution >= 0.6 is 0 Å². The van der Waals surface area contributed by atoms with Gasteiger partial charge >= 0.3 is 16.2 Å². The number of fused-ring (bicyclic) bond motifs is 1. The van der Waals surface area contributed by atoms with Gasteiger partial charge in [-0.05, 0) is 18.1 Å². The van der Waals surface area contributed by atoms with E-state index in [1.54, 1.807) is 24.3 Å². The van der Waals surface area contributed by atoms with Crippen LogP contribution in [0.3, 0.4) is 0 Å². The van der Waals surface area contributed by atoms with Crippen molar-refractivity contribution >= 4 is 21.9 Å². The first-order valence-corrected chi connectivity index (χ1v) is 7.51. The van der Waals surface area contributed by atoms with E-state index in [0.717, 1.165) is 9.87 Å². The molecule has 7 heteroatoms. The highest BCUT2D eigenvalue weighted by atomic mass is 32.2. The molecule has 104 valence electrons. The molecular formula is C12H16N2O4S. The third-order valence-corrected chi connectivity index (χ3v) is 4.54. The SMILES string of the molecule is CCCNS(=O)(=O)N1c2ccccc2C[C@H]1C(=O)O. The number of carboxylic acid groups (broad SMARTS) is 1. The van der Waals surface area contributed by atoms with Crippen molar-refractivity contribution in [1.82, 2.24) is 4.72 Å². The Morgan fingerprint density at radius 3 is 2.79 bits per heavy atom. The average molecular weight is 284 g/mol. The van der Waals surface area contributed by atoms with Crippen LogP contribution in [0, 0.1) is 0 Å². The van der Waals surface area contributed by atoms with E-state index in [1.807, 2.05) is 6.92 Å². The minimum Gasteiger partial charge on any atom is -0.480 e. The Morgan fingerprint density at radius 2 is 2.16 bits per heavy atom. The molecule has 0 fully saturated rings. The highest BCUT2D eigenvalue weighted by Crippen LogP contribution is 2.33. The lowest BCUT2D eigenvalue weighted by atomic mass is 10.1. The van der Waals surface area contributed by atoms with Gasteiger partial charge in [0.1, 0.15) is 6.04 Å². The van der Waals surface area contributed by atoms with Crippen LogP contribution in [0.2, 0.25) is 0 Å². The number of carboxylic acids is 1. The van der Waals surface area contributed by atoms with E-state index in [4.69, 9.17) is 0 Å². The lowest BCUT2D eigenvalue weighted by Crippen LogP contribution is -2.48. The topological polar surface area (TPSA) is 86.7 Å². The first kappa shape index (κ1) is 13.8. The molecule has 1 atom stereocenters. The van der Waals surface area contributed by atoms with Crippen molar-refractivity contribution in [2.45, 2.75) is 25.8 Å². The third kappa shape index (κ3) is 2.57. The van der Waals surface area contributed by atoms with Gasteiger partial charge in [-0.25, -0.2) is 9.10 Å². The maximum atomic E-state index is 12.2. The zero-order valence-electron chi connectivity index (χ0n) is 10.5. The van der Waals surface area contributed by atoms with Crippen molar-refractivity contribution in [2.24, 2.45) is 0 Å². The molecule has 0 unspecified atom stereocenters. The van der Waals surface area contributed by atoms with Gasteiger partial charge in [0.25, 0.3) is 0 Å². The Kier molecular flexibility index (Phi) is 3.77. The number of anilines is 1. The summed E-state index contributed by atoms with van der Waals surface area (Å²) in [5.41, 5.74) is 1.18. The van der Waals surface area contributed by atoms with E-state index in [-0.39, 0.29) is 13.0 Å². The molecule has 6 nitrogen and oxygen atoms in total. The summed E-state index contributed by atoms with van der Waals surface area (Å²) in [5, 5.41) is 9.21. The number of aliphatic carboxylic acids is 1. The standard InChI is InChI=1S/C12H16N2O4S/c1-2-7-13-19(17,18)14-10-6-4-3-5-9(10)8-11(14)12(15)16/h3-6,11,13H,2,7-8H2,1H3,(H,15,16)/t11-/m0/s1. The molecule has 0 aromatic heterocycles. The van der Waals surface area contributed by atoms with Gasteiger partial charge in [0.2, 0.25) is 0 Å². The van der Waals surface area contributed by atoms with E-state index in [0.29, 0.717) is 12.1 Å². The van der Waals surface area contributed by atoms with Gasteiger partial charge < -0.3 is 5.11 Å². The molecule has 2 N–H and O–H groups in total. The van der Waals surface area contributed by atoms with Crippen molar-refractivity contribution in [3.63, 3.8) is 0 Å². The van der Waals surface area contributed by atoms with Crippen LogP contribution in [-0.4, -0.2) is 32.1 Å². The van der Waals surface area contributed by atoms with Gasteiger partial charge in [0.15, 0.2) is 0 Å². The predicted octanol–water partition coefficient (Wildman–Crippen LogP) is 0.747. The zero-order chi connectivity index (χ0) is 14.0. The number of hydrogen-bond acceptors (Lipinski definition) is 3. The molecule has 0 amide bonds. The van der Waals surface area contributed by atoms with Gasteiger partial charge in [-0.1, -0.05) is 25.1 Å². The molecule has 2 rings (SSSR count). The fourth-order valence-electron chi connectivity index (χ4n) is 2.14. The molecule has 0 aliphatic carbocycles. The van der Waals surface area contributed by atoms with Crippen molar-refractivity contribution in [2.75, 3.05) is 10.8 Å². The van der Waals surface area contributed by atoms with Crippen molar-refractivity contribution < 1.29 is 18.3 Å². The van der Waals surface area contributed by atoms with Gasteiger partial charge in [-0.15, -0.1) is 0 Å². The van der Waals surface area contributed by atoms with E-state index in [2.05, 4.69) is 4.72 Å². The summed E-state index contributed by atoms with van der Waals surface area (Å²) in [6.07, 6.45) is 0.838. The van der Waals surface area contributed by atoms with Crippen LogP contribution in [-0.2, 0) is 21.4 Å². The predicted molar refractivity (Wildman–Crippen MR) is 71.3 cm³/mol. The lowest BCUT2D eigenvalue weighted by molar-refractivity contribution is -0.138. The number of nitrogens with one attached hydrogen (secondary N) is 1. The second kappa shape index (κ2) is 5.18. The Morgan fingerprint density at radius 1 is 1.47 bits per heavy atom. The van der Waals surface area contributed by atoms with Crippen LogP contribution in [0.15, 0.2) is 24.3 Å². The molecule has 1 aromatic rings. The first-order chi connectivity index (χ1) is 8.97. The quantitative estimate of drug-likeness (QED) is 0.835. The van der Waals surface area contributed by atoms with Crippen molar-refractivity contribution in [1.29, 1.82) is 0 Å². The van der Waals surface area contributed by atoms with Crippen molar-refractivity contribution in [3.05, 3.63) is 29.8 Å². The molecule has 0 saturated carbocycles. The van der Waals surface area contributed by atoms with E-state index in [9.17, 15) is 18.3 Å². The lowest BCUT2D eigenvalue weighted by Gasteiger charge is -2.24. The Balaban J connectivity index is 2.42. The summed E-state index contributed by atoms with van der Waals surface area (Å²) >= 11 is 0. The Hall–Kier alpha value is -1.60. The smallest absolute Gasteiger partial charge is 0.327 e. The Bertz CT molecular complexity index is 585. The zero-order valence-corrected chi connectivity index (χ0v) is 11.4. The number of carbonyl (C=O) groups is 1. The fourth-order valence-corrected chi connectivity index (χ4v) is 3.68. The minimum atomic E-state index is -3.83. The van der Waals surface area contributed by atoms with E-state index in [1.165, 1.54) is 0 Å². The summed E-state index contributed by atoms with van der Waals surface area (Å²) in [6.45, 7) is 2.13. The van der Waals surface area contributed by atoms with Gasteiger partial charge in [0, 0.05) is 13.0 Å². The number of nitrogens with zero attached hydrogens (tertiary/aromatic N) is 1. The minimum absolute atomic E-state index is 0.193. The summed E-state index contributed by atoms with van der Waals surface area (Å²) in [7, 11) is -3.83. The molecule has 0 spiro atoms. The summed E-state index contributed by atoms with van der Waals surface area (Å²) in [5.74, 6) is -1.14. The number of benzene rings is 1. The second-order valence-electron chi connectivity index (χ2n) is 4.38. The highest BCUT2D eigenvalue weighted by molar-refractivity contribution is 7.91. The maximum Gasteiger partial charge on any atom is 0.327 e. The van der Waals surface area contributed by atoms with Crippen LogP contribution < -0.4 is 9.03 Å². The summed E-state index contributed by atoms with van der Waals surface area (Å²) in [4.78, 5) is 11.3. The normalized spacial score (nSPS) is 18.4. The van der Waals surface area contributed by atoms with Gasteiger partial charge in [0.05, 0.1) is 5.69 Å². The number of para-hydroxylation sites is 1. The first-order valence-electron chi connectivity index (χ1n) is 6.07. The average Bonchev–Trinajstić information content (AvgIpc) is 2.76. The molecule has 19 heavy (non-hydrogen) atoms. The van der Waals surface area contributed by atoms with Crippen LogP contribution in [0.1, 0.15) is 18.9 Å². The van der Waals surface area contributed by atoms with Crippen molar-refractivity contribution in [3.8, 4) is 0 Å². The van der Waals surface area contributed by atoms with Crippen LogP contribution in [0.4, 0.5) is 5.69 Å². The molecule has 0 radical (unpaired) electrons. The molecular weight excluding hydrogens is 268 g/mol. The van der Waals surface area contributed by atoms with Gasteiger partial charge in [-0.2, -0.15) is 13.1 Å². The third-order valence-electron chi connectivity index (χ3n) is 3.00. The maximum absolute atomic E-state index is 12.2. The number of hydrogen-bond donors (Lipinski definition) is 2. The van der Waals surface area contributed by atoms with Crippen LogP contribution in [0.25, 0.3) is 0 Å². The monoisotopic (exact) mass is 284 g/mol. The fraction of sp³-hybridized carbons (Fsp3) is 0.417. The second-order valence-corrected chi connectivity index (χ2v) is 6.01. The molecule has 1 aromatic carbocycles.